The maximum atomic E-state index is 12.0. The minimum absolute atomic E-state index is 0.139. The second kappa shape index (κ2) is 8.91. The second-order valence-corrected chi connectivity index (χ2v) is 5.62. The Morgan fingerprint density at radius 2 is 1.76 bits per heavy atom. The number of methoxy groups -OCH3 is 1. The SMILES string of the molecule is CCOC(=O)N1CCC(NC(=O)C(=O)Nc2ccc(OC)cc2)CC1. The van der Waals surface area contributed by atoms with E-state index < -0.39 is 11.8 Å². The van der Waals surface area contributed by atoms with Crippen LogP contribution < -0.4 is 15.4 Å². The van der Waals surface area contributed by atoms with E-state index in [0.717, 1.165) is 0 Å². The van der Waals surface area contributed by atoms with Gasteiger partial charge in [-0.2, -0.15) is 0 Å². The Balaban J connectivity index is 1.77. The van der Waals surface area contributed by atoms with E-state index in [1.807, 2.05) is 0 Å². The van der Waals surface area contributed by atoms with Crippen LogP contribution in [-0.2, 0) is 14.3 Å². The van der Waals surface area contributed by atoms with Crippen molar-refractivity contribution in [2.75, 3.05) is 32.1 Å². The largest absolute Gasteiger partial charge is 0.497 e. The van der Waals surface area contributed by atoms with Crippen molar-refractivity contribution in [3.05, 3.63) is 24.3 Å². The van der Waals surface area contributed by atoms with Crippen LogP contribution in [-0.4, -0.2) is 55.7 Å². The summed E-state index contributed by atoms with van der Waals surface area (Å²) in [6.45, 7) is 3.07. The summed E-state index contributed by atoms with van der Waals surface area (Å²) >= 11 is 0. The molecule has 1 heterocycles. The third kappa shape index (κ3) is 5.37. The molecule has 1 aromatic carbocycles. The molecule has 0 bridgehead atoms. The average Bonchev–Trinajstić information content (AvgIpc) is 2.63. The van der Waals surface area contributed by atoms with Crippen LogP contribution in [0.1, 0.15) is 19.8 Å². The first-order chi connectivity index (χ1) is 12.0. The summed E-state index contributed by atoms with van der Waals surface area (Å²) in [6.07, 6.45) is 0.824. The summed E-state index contributed by atoms with van der Waals surface area (Å²) in [4.78, 5) is 37.2. The number of anilines is 1. The van der Waals surface area contributed by atoms with Crippen molar-refractivity contribution in [1.29, 1.82) is 0 Å². The lowest BCUT2D eigenvalue weighted by Crippen LogP contribution is -2.49. The van der Waals surface area contributed by atoms with Gasteiger partial charge in [0, 0.05) is 24.8 Å². The lowest BCUT2D eigenvalue weighted by molar-refractivity contribution is -0.136. The maximum absolute atomic E-state index is 12.0. The van der Waals surface area contributed by atoms with Crippen LogP contribution in [0.5, 0.6) is 5.75 Å². The number of hydrogen-bond acceptors (Lipinski definition) is 5. The first-order valence-corrected chi connectivity index (χ1v) is 8.21. The van der Waals surface area contributed by atoms with E-state index in [-0.39, 0.29) is 12.1 Å². The van der Waals surface area contributed by atoms with Gasteiger partial charge in [-0.15, -0.1) is 0 Å². The van der Waals surface area contributed by atoms with Crippen LogP contribution in [0.25, 0.3) is 0 Å². The Bertz CT molecular complexity index is 609. The highest BCUT2D eigenvalue weighted by Crippen LogP contribution is 2.15. The second-order valence-electron chi connectivity index (χ2n) is 5.62. The molecule has 1 fully saturated rings. The highest BCUT2D eigenvalue weighted by Gasteiger charge is 2.26. The Hall–Kier alpha value is -2.77. The number of amides is 3. The van der Waals surface area contributed by atoms with Crippen LogP contribution >= 0.6 is 0 Å². The summed E-state index contributed by atoms with van der Waals surface area (Å²) < 4.78 is 9.98. The Labute approximate surface area is 146 Å². The van der Waals surface area contributed by atoms with E-state index in [1.165, 1.54) is 0 Å². The molecule has 3 amide bonds. The molecule has 2 rings (SSSR count). The van der Waals surface area contributed by atoms with E-state index in [1.54, 1.807) is 43.2 Å². The molecular formula is C17H23N3O5. The van der Waals surface area contributed by atoms with Gasteiger partial charge >= 0.3 is 17.9 Å². The van der Waals surface area contributed by atoms with Gasteiger partial charge in [0.1, 0.15) is 5.75 Å². The van der Waals surface area contributed by atoms with E-state index in [0.29, 0.717) is 44.0 Å². The maximum Gasteiger partial charge on any atom is 0.409 e. The lowest BCUT2D eigenvalue weighted by atomic mass is 10.1. The minimum atomic E-state index is -0.724. The molecule has 0 spiro atoms. The zero-order valence-corrected chi connectivity index (χ0v) is 14.4. The van der Waals surface area contributed by atoms with Crippen molar-refractivity contribution in [2.45, 2.75) is 25.8 Å². The summed E-state index contributed by atoms with van der Waals surface area (Å²) in [6, 6.07) is 6.56. The standard InChI is InChI=1S/C17H23N3O5/c1-3-25-17(23)20-10-8-13(9-11-20)19-16(22)15(21)18-12-4-6-14(24-2)7-5-12/h4-7,13H,3,8-11H2,1-2H3,(H,18,21)(H,19,22). The summed E-state index contributed by atoms with van der Waals surface area (Å²) in [5.41, 5.74) is 0.512. The molecule has 1 saturated heterocycles. The molecule has 0 unspecified atom stereocenters. The fourth-order valence-electron chi connectivity index (χ4n) is 2.53. The number of piperidine rings is 1. The van der Waals surface area contributed by atoms with Crippen molar-refractivity contribution in [3.8, 4) is 5.75 Å². The van der Waals surface area contributed by atoms with Crippen LogP contribution in [0.4, 0.5) is 10.5 Å². The molecule has 1 aromatic rings. The molecule has 0 aliphatic carbocycles. The topological polar surface area (TPSA) is 97.0 Å². The van der Waals surface area contributed by atoms with Gasteiger partial charge in [0.25, 0.3) is 0 Å². The van der Waals surface area contributed by atoms with Crippen LogP contribution in [0.2, 0.25) is 0 Å². The predicted molar refractivity (Wildman–Crippen MR) is 91.4 cm³/mol. The first-order valence-electron chi connectivity index (χ1n) is 8.21. The minimum Gasteiger partial charge on any atom is -0.497 e. The van der Waals surface area contributed by atoms with Crippen molar-refractivity contribution >= 4 is 23.6 Å². The molecule has 0 aromatic heterocycles. The number of likely N-dealkylation sites (tertiary alicyclic amines) is 1. The molecule has 2 N–H and O–H groups in total. The zero-order valence-electron chi connectivity index (χ0n) is 14.4. The van der Waals surface area contributed by atoms with Gasteiger partial charge in [-0.1, -0.05) is 0 Å². The smallest absolute Gasteiger partial charge is 0.409 e. The highest BCUT2D eigenvalue weighted by atomic mass is 16.6. The van der Waals surface area contributed by atoms with Gasteiger partial charge in [-0.25, -0.2) is 4.79 Å². The molecule has 1 aliphatic heterocycles. The molecule has 8 heteroatoms. The number of nitrogens with zero attached hydrogens (tertiary/aromatic N) is 1. The number of carbonyl (C=O) groups excluding carboxylic acids is 3. The lowest BCUT2D eigenvalue weighted by Gasteiger charge is -2.31. The Morgan fingerprint density at radius 1 is 1.12 bits per heavy atom. The molecule has 1 aliphatic rings. The molecule has 136 valence electrons. The van der Waals surface area contributed by atoms with Gasteiger partial charge in [-0.3, -0.25) is 9.59 Å². The summed E-state index contributed by atoms with van der Waals surface area (Å²) in [7, 11) is 1.55. The van der Waals surface area contributed by atoms with E-state index >= 15 is 0 Å². The van der Waals surface area contributed by atoms with Gasteiger partial charge < -0.3 is 25.0 Å². The summed E-state index contributed by atoms with van der Waals surface area (Å²) in [5, 5.41) is 5.23. The van der Waals surface area contributed by atoms with Crippen molar-refractivity contribution in [2.24, 2.45) is 0 Å². The molecule has 0 radical (unpaired) electrons. The predicted octanol–water partition coefficient (Wildman–Crippen LogP) is 1.37. The normalized spacial score (nSPS) is 14.6. The molecular weight excluding hydrogens is 326 g/mol. The van der Waals surface area contributed by atoms with Crippen LogP contribution in [0, 0.1) is 0 Å². The number of carbonyl (C=O) groups is 3. The van der Waals surface area contributed by atoms with Crippen LogP contribution in [0.3, 0.4) is 0 Å². The number of nitrogens with one attached hydrogen (secondary N) is 2. The quantitative estimate of drug-likeness (QED) is 0.800. The summed E-state index contributed by atoms with van der Waals surface area (Å²) in [5.74, 6) is -0.751. The Kier molecular flexibility index (Phi) is 6.62. The van der Waals surface area contributed by atoms with Crippen molar-refractivity contribution in [3.63, 3.8) is 0 Å². The van der Waals surface area contributed by atoms with Crippen LogP contribution in [0.15, 0.2) is 24.3 Å². The highest BCUT2D eigenvalue weighted by molar-refractivity contribution is 6.39. The number of benzene rings is 1. The van der Waals surface area contributed by atoms with Gasteiger partial charge in [0.15, 0.2) is 0 Å². The average molecular weight is 349 g/mol. The fraction of sp³-hybridized carbons (Fsp3) is 0.471. The molecule has 8 nitrogen and oxygen atoms in total. The van der Waals surface area contributed by atoms with Gasteiger partial charge in [-0.05, 0) is 44.0 Å². The third-order valence-electron chi connectivity index (χ3n) is 3.91. The molecule has 0 atom stereocenters. The number of rotatable bonds is 4. The first kappa shape index (κ1) is 18.6. The van der Waals surface area contributed by atoms with Gasteiger partial charge in [0.2, 0.25) is 0 Å². The van der Waals surface area contributed by atoms with Crippen molar-refractivity contribution in [1.82, 2.24) is 10.2 Å². The van der Waals surface area contributed by atoms with E-state index in [2.05, 4.69) is 10.6 Å². The Morgan fingerprint density at radius 3 is 2.32 bits per heavy atom. The molecule has 25 heavy (non-hydrogen) atoms. The number of hydrogen-bond donors (Lipinski definition) is 2. The zero-order chi connectivity index (χ0) is 18.2. The van der Waals surface area contributed by atoms with E-state index in [9.17, 15) is 14.4 Å². The van der Waals surface area contributed by atoms with E-state index in [4.69, 9.17) is 9.47 Å². The fourth-order valence-corrected chi connectivity index (χ4v) is 2.53. The number of ether oxygens (including phenoxy) is 2. The molecule has 0 saturated carbocycles. The monoisotopic (exact) mass is 349 g/mol. The van der Waals surface area contributed by atoms with Gasteiger partial charge in [0.05, 0.1) is 13.7 Å². The van der Waals surface area contributed by atoms with Crippen molar-refractivity contribution < 1.29 is 23.9 Å². The third-order valence-corrected chi connectivity index (χ3v) is 3.91.